The predicted molar refractivity (Wildman–Crippen MR) is 109 cm³/mol. The second kappa shape index (κ2) is 8.67. The van der Waals surface area contributed by atoms with E-state index >= 15 is 0 Å². The van der Waals surface area contributed by atoms with Gasteiger partial charge in [-0.2, -0.15) is 0 Å². The molecule has 0 unspecified atom stereocenters. The number of carbonyl (C=O) groups is 1. The Balaban J connectivity index is 1.30. The van der Waals surface area contributed by atoms with Crippen molar-refractivity contribution in [1.82, 2.24) is 24.9 Å². The number of rotatable bonds is 4. The Morgan fingerprint density at radius 3 is 2.21 bits per heavy atom. The molecule has 1 aromatic heterocycles. The van der Waals surface area contributed by atoms with E-state index < -0.39 is 0 Å². The van der Waals surface area contributed by atoms with Gasteiger partial charge >= 0.3 is 0 Å². The largest absolute Gasteiger partial charge is 0.353 e. The van der Waals surface area contributed by atoms with Crippen LogP contribution in [0, 0.1) is 0 Å². The zero-order chi connectivity index (χ0) is 19.3. The van der Waals surface area contributed by atoms with Crippen molar-refractivity contribution in [3.8, 4) is 0 Å². The molecule has 0 atom stereocenters. The van der Waals surface area contributed by atoms with Crippen molar-refractivity contribution < 1.29 is 4.79 Å². The monoisotopic (exact) mass is 380 g/mol. The summed E-state index contributed by atoms with van der Waals surface area (Å²) in [4.78, 5) is 21.4. The fourth-order valence-electron chi connectivity index (χ4n) is 3.76. The van der Waals surface area contributed by atoms with Crippen LogP contribution in [0.15, 0.2) is 42.5 Å². The number of piperazine rings is 2. The van der Waals surface area contributed by atoms with Gasteiger partial charge in [0.15, 0.2) is 11.5 Å². The zero-order valence-electron chi connectivity index (χ0n) is 16.5. The van der Waals surface area contributed by atoms with Crippen molar-refractivity contribution >= 4 is 11.7 Å². The number of hydrogen-bond acceptors (Lipinski definition) is 6. The molecule has 4 rings (SSSR count). The average molecular weight is 380 g/mol. The number of benzene rings is 1. The summed E-state index contributed by atoms with van der Waals surface area (Å²) in [6, 6.07) is 14.3. The van der Waals surface area contributed by atoms with Crippen molar-refractivity contribution in [2.24, 2.45) is 0 Å². The first-order valence-corrected chi connectivity index (χ1v) is 10.0. The van der Waals surface area contributed by atoms with Crippen LogP contribution in [0.25, 0.3) is 0 Å². The first-order chi connectivity index (χ1) is 13.7. The molecule has 28 heavy (non-hydrogen) atoms. The van der Waals surface area contributed by atoms with Crippen molar-refractivity contribution in [3.63, 3.8) is 0 Å². The van der Waals surface area contributed by atoms with Gasteiger partial charge in [-0.05, 0) is 24.7 Å². The lowest BCUT2D eigenvalue weighted by atomic mass is 10.2. The molecule has 2 aliphatic heterocycles. The van der Waals surface area contributed by atoms with Gasteiger partial charge in [0.1, 0.15) is 0 Å². The SMILES string of the molecule is CN1CCN(C(=O)c2ccc(N3CCN(Cc4ccccc4)CC3)nn2)CC1. The van der Waals surface area contributed by atoms with E-state index in [4.69, 9.17) is 0 Å². The highest BCUT2D eigenvalue weighted by Gasteiger charge is 2.23. The number of anilines is 1. The van der Waals surface area contributed by atoms with Gasteiger partial charge in [-0.15, -0.1) is 10.2 Å². The number of likely N-dealkylation sites (N-methyl/N-ethyl adjacent to an activating group) is 1. The van der Waals surface area contributed by atoms with Crippen LogP contribution in [0.1, 0.15) is 16.1 Å². The van der Waals surface area contributed by atoms with Gasteiger partial charge in [-0.1, -0.05) is 30.3 Å². The van der Waals surface area contributed by atoms with Gasteiger partial charge in [0.05, 0.1) is 0 Å². The number of carbonyl (C=O) groups excluding carboxylic acids is 1. The van der Waals surface area contributed by atoms with E-state index in [1.54, 1.807) is 0 Å². The maximum Gasteiger partial charge on any atom is 0.274 e. The molecule has 0 radical (unpaired) electrons. The highest BCUT2D eigenvalue weighted by molar-refractivity contribution is 5.92. The predicted octanol–water partition coefficient (Wildman–Crippen LogP) is 1.19. The summed E-state index contributed by atoms with van der Waals surface area (Å²) in [5.74, 6) is 0.842. The van der Waals surface area contributed by atoms with Crippen LogP contribution >= 0.6 is 0 Å². The third kappa shape index (κ3) is 4.48. The third-order valence-corrected chi connectivity index (χ3v) is 5.61. The number of amides is 1. The molecule has 1 amide bonds. The van der Waals surface area contributed by atoms with E-state index in [1.807, 2.05) is 17.0 Å². The van der Waals surface area contributed by atoms with Gasteiger partial charge in [-0.3, -0.25) is 9.69 Å². The van der Waals surface area contributed by atoms with Crippen LogP contribution in [0.3, 0.4) is 0 Å². The summed E-state index contributed by atoms with van der Waals surface area (Å²) in [5.41, 5.74) is 1.79. The fraction of sp³-hybridized carbons (Fsp3) is 0.476. The second-order valence-electron chi connectivity index (χ2n) is 7.62. The van der Waals surface area contributed by atoms with Gasteiger partial charge < -0.3 is 14.7 Å². The quantitative estimate of drug-likeness (QED) is 0.794. The van der Waals surface area contributed by atoms with Crippen molar-refractivity contribution in [1.29, 1.82) is 0 Å². The van der Waals surface area contributed by atoms with Crippen LogP contribution in [0.4, 0.5) is 5.82 Å². The molecule has 0 N–H and O–H groups in total. The van der Waals surface area contributed by atoms with Crippen LogP contribution in [-0.4, -0.2) is 90.2 Å². The van der Waals surface area contributed by atoms with E-state index in [-0.39, 0.29) is 5.91 Å². The number of hydrogen-bond donors (Lipinski definition) is 0. The molecule has 3 heterocycles. The van der Waals surface area contributed by atoms with Crippen LogP contribution in [-0.2, 0) is 6.54 Å². The molecular formula is C21H28N6O. The highest BCUT2D eigenvalue weighted by atomic mass is 16.2. The van der Waals surface area contributed by atoms with Gasteiger partial charge in [0, 0.05) is 58.9 Å². The molecule has 2 aromatic rings. The lowest BCUT2D eigenvalue weighted by molar-refractivity contribution is 0.0657. The molecule has 7 nitrogen and oxygen atoms in total. The lowest BCUT2D eigenvalue weighted by Crippen LogP contribution is -2.47. The Morgan fingerprint density at radius 1 is 0.857 bits per heavy atom. The number of nitrogens with zero attached hydrogens (tertiary/aromatic N) is 6. The molecule has 7 heteroatoms. The summed E-state index contributed by atoms with van der Waals surface area (Å²) in [6.45, 7) is 8.15. The summed E-state index contributed by atoms with van der Waals surface area (Å²) in [7, 11) is 2.08. The lowest BCUT2D eigenvalue weighted by Gasteiger charge is -2.35. The average Bonchev–Trinajstić information content (AvgIpc) is 2.75. The topological polar surface area (TPSA) is 55.8 Å². The molecule has 0 bridgehead atoms. The molecule has 2 saturated heterocycles. The van der Waals surface area contributed by atoms with Crippen LogP contribution < -0.4 is 4.90 Å². The Labute approximate surface area is 166 Å². The van der Waals surface area contributed by atoms with Gasteiger partial charge in [-0.25, -0.2) is 0 Å². The maximum absolute atomic E-state index is 12.6. The standard InChI is InChI=1S/C21H28N6O/c1-24-9-13-27(14-10-24)21(28)19-7-8-20(23-22-19)26-15-11-25(12-16-26)17-18-5-3-2-4-6-18/h2-8H,9-17H2,1H3. The van der Waals surface area contributed by atoms with E-state index in [1.165, 1.54) is 5.56 Å². The minimum atomic E-state index is -0.0140. The second-order valence-corrected chi connectivity index (χ2v) is 7.62. The van der Waals surface area contributed by atoms with Gasteiger partial charge in [0.2, 0.25) is 0 Å². The normalized spacial score (nSPS) is 19.0. The Kier molecular flexibility index (Phi) is 5.83. The summed E-state index contributed by atoms with van der Waals surface area (Å²) >= 11 is 0. The van der Waals surface area contributed by atoms with E-state index in [0.717, 1.165) is 64.7 Å². The van der Waals surface area contributed by atoms with E-state index in [9.17, 15) is 4.79 Å². The molecule has 148 valence electrons. The molecule has 1 aromatic carbocycles. The molecule has 0 aliphatic carbocycles. The summed E-state index contributed by atoms with van der Waals surface area (Å²) in [5, 5.41) is 8.57. The summed E-state index contributed by atoms with van der Waals surface area (Å²) in [6.07, 6.45) is 0. The molecule has 2 fully saturated rings. The first-order valence-electron chi connectivity index (χ1n) is 10.0. The molecular weight excluding hydrogens is 352 g/mol. The Bertz CT molecular complexity index is 765. The van der Waals surface area contributed by atoms with Crippen LogP contribution in [0.2, 0.25) is 0 Å². The molecule has 0 saturated carbocycles. The Morgan fingerprint density at radius 2 is 1.57 bits per heavy atom. The molecule has 0 spiro atoms. The maximum atomic E-state index is 12.6. The minimum Gasteiger partial charge on any atom is -0.353 e. The van der Waals surface area contributed by atoms with E-state index in [0.29, 0.717) is 5.69 Å². The Hall–Kier alpha value is -2.51. The summed E-state index contributed by atoms with van der Waals surface area (Å²) < 4.78 is 0. The van der Waals surface area contributed by atoms with Crippen LogP contribution in [0.5, 0.6) is 0 Å². The first kappa shape index (κ1) is 18.8. The highest BCUT2D eigenvalue weighted by Crippen LogP contribution is 2.15. The zero-order valence-corrected chi connectivity index (χ0v) is 16.5. The molecule has 2 aliphatic rings. The van der Waals surface area contributed by atoms with Crippen molar-refractivity contribution in [3.05, 3.63) is 53.7 Å². The number of aromatic nitrogens is 2. The fourth-order valence-corrected chi connectivity index (χ4v) is 3.76. The third-order valence-electron chi connectivity index (χ3n) is 5.61. The smallest absolute Gasteiger partial charge is 0.274 e. The van der Waals surface area contributed by atoms with Crippen molar-refractivity contribution in [2.45, 2.75) is 6.54 Å². The van der Waals surface area contributed by atoms with Gasteiger partial charge in [0.25, 0.3) is 5.91 Å². The minimum absolute atomic E-state index is 0.0140. The van der Waals surface area contributed by atoms with Crippen molar-refractivity contribution in [2.75, 3.05) is 64.3 Å². The van der Waals surface area contributed by atoms with E-state index in [2.05, 4.69) is 62.3 Å².